The molecule has 1 atom stereocenters. The summed E-state index contributed by atoms with van der Waals surface area (Å²) in [6, 6.07) is 3.92. The quantitative estimate of drug-likeness (QED) is 0.805. The molecule has 0 fully saturated rings. The summed E-state index contributed by atoms with van der Waals surface area (Å²) in [5.41, 5.74) is 6.81. The molecular formula is C13H22N2O. The SMILES string of the molecule is CC[C@H](N)c1ccc(OCCC(C)C)cn1. The van der Waals surface area contributed by atoms with Gasteiger partial charge >= 0.3 is 0 Å². The maximum absolute atomic E-state index is 5.88. The fourth-order valence-corrected chi connectivity index (χ4v) is 1.32. The third kappa shape index (κ3) is 4.19. The van der Waals surface area contributed by atoms with Crippen LogP contribution in [0.1, 0.15) is 45.3 Å². The van der Waals surface area contributed by atoms with E-state index in [0.717, 1.165) is 30.9 Å². The maximum atomic E-state index is 5.88. The van der Waals surface area contributed by atoms with Crippen LogP contribution in [-0.4, -0.2) is 11.6 Å². The van der Waals surface area contributed by atoms with Crippen LogP contribution in [0.5, 0.6) is 5.75 Å². The van der Waals surface area contributed by atoms with E-state index in [2.05, 4.69) is 25.8 Å². The smallest absolute Gasteiger partial charge is 0.137 e. The normalized spacial score (nSPS) is 12.8. The average Bonchev–Trinajstić information content (AvgIpc) is 2.28. The van der Waals surface area contributed by atoms with E-state index in [1.54, 1.807) is 6.20 Å². The van der Waals surface area contributed by atoms with Crippen molar-refractivity contribution >= 4 is 0 Å². The van der Waals surface area contributed by atoms with Gasteiger partial charge in [-0.05, 0) is 30.9 Å². The summed E-state index contributed by atoms with van der Waals surface area (Å²) >= 11 is 0. The third-order valence-electron chi connectivity index (χ3n) is 2.54. The molecule has 0 saturated carbocycles. The lowest BCUT2D eigenvalue weighted by molar-refractivity contribution is 0.288. The minimum atomic E-state index is 0.0321. The van der Waals surface area contributed by atoms with E-state index in [4.69, 9.17) is 10.5 Å². The van der Waals surface area contributed by atoms with E-state index in [-0.39, 0.29) is 6.04 Å². The Bertz CT molecular complexity index is 295. The molecule has 1 rings (SSSR count). The lowest BCUT2D eigenvalue weighted by Crippen LogP contribution is -2.10. The Labute approximate surface area is 98.0 Å². The van der Waals surface area contributed by atoms with Crippen molar-refractivity contribution < 1.29 is 4.74 Å². The van der Waals surface area contributed by atoms with E-state index < -0.39 is 0 Å². The largest absolute Gasteiger partial charge is 0.492 e. The molecule has 0 saturated heterocycles. The molecule has 1 aromatic rings. The Hall–Kier alpha value is -1.09. The molecule has 1 aromatic heterocycles. The molecule has 0 aromatic carbocycles. The number of ether oxygens (including phenoxy) is 1. The number of rotatable bonds is 6. The molecule has 0 spiro atoms. The predicted octanol–water partition coefficient (Wildman–Crippen LogP) is 2.92. The zero-order valence-corrected chi connectivity index (χ0v) is 10.4. The van der Waals surface area contributed by atoms with Crippen molar-refractivity contribution in [3.8, 4) is 5.75 Å². The van der Waals surface area contributed by atoms with Gasteiger partial charge in [-0.2, -0.15) is 0 Å². The Kier molecular flexibility index (Phi) is 5.26. The molecule has 0 aliphatic heterocycles. The second kappa shape index (κ2) is 6.48. The van der Waals surface area contributed by atoms with Gasteiger partial charge in [-0.3, -0.25) is 4.98 Å². The molecule has 0 radical (unpaired) electrons. The maximum Gasteiger partial charge on any atom is 0.137 e. The van der Waals surface area contributed by atoms with Crippen LogP contribution in [-0.2, 0) is 0 Å². The summed E-state index contributed by atoms with van der Waals surface area (Å²) < 4.78 is 5.58. The number of nitrogens with zero attached hydrogens (tertiary/aromatic N) is 1. The Morgan fingerprint density at radius 1 is 1.38 bits per heavy atom. The molecule has 90 valence electrons. The van der Waals surface area contributed by atoms with Gasteiger partial charge in [0.2, 0.25) is 0 Å². The first-order chi connectivity index (χ1) is 7.63. The predicted molar refractivity (Wildman–Crippen MR) is 66.4 cm³/mol. The summed E-state index contributed by atoms with van der Waals surface area (Å²) in [4.78, 5) is 4.30. The Morgan fingerprint density at radius 3 is 2.62 bits per heavy atom. The Morgan fingerprint density at radius 2 is 2.12 bits per heavy atom. The van der Waals surface area contributed by atoms with Crippen LogP contribution >= 0.6 is 0 Å². The second-order valence-corrected chi connectivity index (χ2v) is 4.46. The molecule has 3 heteroatoms. The minimum absolute atomic E-state index is 0.0321. The summed E-state index contributed by atoms with van der Waals surface area (Å²) in [5.74, 6) is 1.49. The third-order valence-corrected chi connectivity index (χ3v) is 2.54. The van der Waals surface area contributed by atoms with E-state index in [9.17, 15) is 0 Å². The van der Waals surface area contributed by atoms with E-state index in [0.29, 0.717) is 5.92 Å². The molecule has 0 aliphatic rings. The highest BCUT2D eigenvalue weighted by Crippen LogP contribution is 2.15. The topological polar surface area (TPSA) is 48.1 Å². The molecule has 1 heterocycles. The summed E-state index contributed by atoms with van der Waals surface area (Å²) in [5, 5.41) is 0. The molecule has 0 unspecified atom stereocenters. The molecule has 0 bridgehead atoms. The van der Waals surface area contributed by atoms with Gasteiger partial charge in [-0.1, -0.05) is 20.8 Å². The van der Waals surface area contributed by atoms with Gasteiger partial charge in [-0.25, -0.2) is 0 Å². The highest BCUT2D eigenvalue weighted by Gasteiger charge is 2.04. The van der Waals surface area contributed by atoms with Gasteiger partial charge in [0.05, 0.1) is 18.5 Å². The van der Waals surface area contributed by atoms with E-state index in [1.807, 2.05) is 12.1 Å². The van der Waals surface area contributed by atoms with Gasteiger partial charge in [0.15, 0.2) is 0 Å². The first kappa shape index (κ1) is 13.0. The molecule has 0 aliphatic carbocycles. The van der Waals surface area contributed by atoms with Crippen LogP contribution in [0.4, 0.5) is 0 Å². The molecule has 0 amide bonds. The van der Waals surface area contributed by atoms with Gasteiger partial charge in [0, 0.05) is 6.04 Å². The molecule has 3 nitrogen and oxygen atoms in total. The minimum Gasteiger partial charge on any atom is -0.492 e. The monoisotopic (exact) mass is 222 g/mol. The molecular weight excluding hydrogens is 200 g/mol. The van der Waals surface area contributed by atoms with E-state index in [1.165, 1.54) is 0 Å². The van der Waals surface area contributed by atoms with Crippen molar-refractivity contribution in [2.75, 3.05) is 6.61 Å². The van der Waals surface area contributed by atoms with Crippen LogP contribution in [0.25, 0.3) is 0 Å². The van der Waals surface area contributed by atoms with E-state index >= 15 is 0 Å². The summed E-state index contributed by atoms with van der Waals surface area (Å²) in [6.07, 6.45) is 3.72. The fourth-order valence-electron chi connectivity index (χ4n) is 1.32. The van der Waals surface area contributed by atoms with Crippen molar-refractivity contribution in [2.24, 2.45) is 11.7 Å². The van der Waals surface area contributed by atoms with Crippen LogP contribution in [0, 0.1) is 5.92 Å². The van der Waals surface area contributed by atoms with Crippen molar-refractivity contribution in [1.29, 1.82) is 0 Å². The van der Waals surface area contributed by atoms with Crippen LogP contribution < -0.4 is 10.5 Å². The standard InChI is InChI=1S/C13H22N2O/c1-4-12(14)13-6-5-11(9-15-13)16-8-7-10(2)3/h5-6,9-10,12H,4,7-8,14H2,1-3H3/t12-/m0/s1. The zero-order chi connectivity index (χ0) is 12.0. The molecule has 16 heavy (non-hydrogen) atoms. The van der Waals surface area contributed by atoms with Crippen LogP contribution in [0.2, 0.25) is 0 Å². The lowest BCUT2D eigenvalue weighted by Gasteiger charge is -2.10. The number of aromatic nitrogens is 1. The summed E-state index contributed by atoms with van der Waals surface area (Å²) in [7, 11) is 0. The molecule has 2 N–H and O–H groups in total. The van der Waals surface area contributed by atoms with Crippen molar-refractivity contribution in [3.63, 3.8) is 0 Å². The zero-order valence-electron chi connectivity index (χ0n) is 10.4. The highest BCUT2D eigenvalue weighted by molar-refractivity contribution is 5.21. The van der Waals surface area contributed by atoms with Gasteiger partial charge in [-0.15, -0.1) is 0 Å². The van der Waals surface area contributed by atoms with Gasteiger partial charge in [0.1, 0.15) is 5.75 Å². The lowest BCUT2D eigenvalue weighted by atomic mass is 10.1. The fraction of sp³-hybridized carbons (Fsp3) is 0.615. The first-order valence-corrected chi connectivity index (χ1v) is 5.97. The van der Waals surface area contributed by atoms with Crippen molar-refractivity contribution in [1.82, 2.24) is 4.98 Å². The second-order valence-electron chi connectivity index (χ2n) is 4.46. The number of nitrogens with two attached hydrogens (primary N) is 1. The highest BCUT2D eigenvalue weighted by atomic mass is 16.5. The van der Waals surface area contributed by atoms with Crippen LogP contribution in [0.3, 0.4) is 0 Å². The van der Waals surface area contributed by atoms with Gasteiger partial charge < -0.3 is 10.5 Å². The number of hydrogen-bond donors (Lipinski definition) is 1. The van der Waals surface area contributed by atoms with Crippen LogP contribution in [0.15, 0.2) is 18.3 Å². The number of pyridine rings is 1. The Balaban J connectivity index is 2.45. The first-order valence-electron chi connectivity index (χ1n) is 5.97. The number of hydrogen-bond acceptors (Lipinski definition) is 3. The summed E-state index contributed by atoms with van der Waals surface area (Å²) in [6.45, 7) is 7.17. The van der Waals surface area contributed by atoms with Gasteiger partial charge in [0.25, 0.3) is 0 Å². The average molecular weight is 222 g/mol. The van der Waals surface area contributed by atoms with Crippen molar-refractivity contribution in [2.45, 2.75) is 39.7 Å². The van der Waals surface area contributed by atoms with Crippen molar-refractivity contribution in [3.05, 3.63) is 24.0 Å².